The highest BCUT2D eigenvalue weighted by molar-refractivity contribution is 9.09. The molecule has 7 heteroatoms. The van der Waals surface area contributed by atoms with Crippen molar-refractivity contribution >= 4 is 21.9 Å². The summed E-state index contributed by atoms with van der Waals surface area (Å²) in [4.78, 5) is 12.0. The molecule has 0 bridgehead atoms. The molecule has 0 aliphatic rings. The van der Waals surface area contributed by atoms with Crippen molar-refractivity contribution in [2.45, 2.75) is 129 Å². The van der Waals surface area contributed by atoms with Gasteiger partial charge in [0.2, 0.25) is 0 Å². The molecule has 0 N–H and O–H groups in total. The van der Waals surface area contributed by atoms with E-state index in [1.165, 1.54) is 89.7 Å². The molecular formula is C28H50BrNO5. The van der Waals surface area contributed by atoms with Gasteiger partial charge in [0.1, 0.15) is 12.9 Å². The number of ether oxygens (including phenoxy) is 3. The summed E-state index contributed by atoms with van der Waals surface area (Å²) in [5.74, 6) is 0.184. The second-order valence-corrected chi connectivity index (χ2v) is 10.2. The Hall–Kier alpha value is -1.08. The molecule has 0 spiro atoms. The number of aromatic nitrogens is 1. The van der Waals surface area contributed by atoms with Gasteiger partial charge in [-0.2, -0.15) is 0 Å². The molecule has 35 heavy (non-hydrogen) atoms. The molecule has 0 aliphatic heterocycles. The van der Waals surface area contributed by atoms with Crippen LogP contribution in [0.5, 0.6) is 5.88 Å². The molecule has 1 rings (SSSR count). The second-order valence-electron chi connectivity index (χ2n) is 9.43. The lowest BCUT2D eigenvalue weighted by atomic mass is 10.0. The van der Waals surface area contributed by atoms with E-state index in [9.17, 15) is 4.79 Å². The molecule has 0 saturated heterocycles. The maximum Gasteiger partial charge on any atom is 0.305 e. The molecule has 0 amide bonds. The van der Waals surface area contributed by atoms with E-state index in [4.69, 9.17) is 18.7 Å². The zero-order valence-electron chi connectivity index (χ0n) is 22.2. The van der Waals surface area contributed by atoms with Gasteiger partial charge in [0.05, 0.1) is 6.61 Å². The molecule has 1 atom stereocenters. The van der Waals surface area contributed by atoms with Gasteiger partial charge in [-0.15, -0.1) is 0 Å². The van der Waals surface area contributed by atoms with Gasteiger partial charge in [-0.05, 0) is 24.4 Å². The molecule has 0 radical (unpaired) electrons. The van der Waals surface area contributed by atoms with Crippen LogP contribution in [-0.4, -0.2) is 42.4 Å². The quantitative estimate of drug-likeness (QED) is 0.0644. The van der Waals surface area contributed by atoms with Gasteiger partial charge in [-0.25, -0.2) is 0 Å². The molecule has 1 aromatic rings. The van der Waals surface area contributed by atoms with Crippen LogP contribution in [0.4, 0.5) is 0 Å². The Bertz CT molecular complexity index is 570. The molecule has 0 saturated carbocycles. The predicted octanol–water partition coefficient (Wildman–Crippen LogP) is 8.42. The van der Waals surface area contributed by atoms with E-state index in [1.807, 2.05) is 0 Å². The highest BCUT2D eigenvalue weighted by atomic mass is 79.9. The Balaban J connectivity index is 2.01. The van der Waals surface area contributed by atoms with Gasteiger partial charge in [-0.1, -0.05) is 113 Å². The number of esters is 1. The number of unbranched alkanes of at least 4 members (excludes halogenated alkanes) is 15. The molecule has 0 aliphatic carbocycles. The minimum absolute atomic E-state index is 0.156. The van der Waals surface area contributed by atoms with E-state index in [0.717, 1.165) is 31.0 Å². The average Bonchev–Trinajstić information content (AvgIpc) is 3.38. The smallest absolute Gasteiger partial charge is 0.305 e. The standard InChI is InChI=1S/C28H50BrNO5/c1-2-3-4-5-6-7-8-9-10-11-12-13-14-18-22-32-24-26(35-27-20-23-34-30-27)25-33-28(31)19-16-15-17-21-29/h20,23,26H,2-19,21-22,24-25H2,1H3. The first kappa shape index (κ1) is 31.9. The normalized spacial score (nSPS) is 12.1. The first-order valence-corrected chi connectivity index (χ1v) is 15.2. The SMILES string of the molecule is CCCCCCCCCCCCCCCCOCC(COC(=O)CCCCCBr)Oc1ccon1. The largest absolute Gasteiger partial charge is 0.466 e. The maximum atomic E-state index is 12.0. The van der Waals surface area contributed by atoms with Crippen molar-refractivity contribution in [1.82, 2.24) is 5.16 Å². The van der Waals surface area contributed by atoms with Crippen molar-refractivity contribution < 1.29 is 23.5 Å². The number of alkyl halides is 1. The Labute approximate surface area is 222 Å². The molecule has 1 aromatic heterocycles. The lowest BCUT2D eigenvalue weighted by Crippen LogP contribution is -2.30. The molecular weight excluding hydrogens is 510 g/mol. The number of nitrogens with zero attached hydrogens (tertiary/aromatic N) is 1. The van der Waals surface area contributed by atoms with Gasteiger partial charge in [0.15, 0.2) is 6.10 Å². The molecule has 204 valence electrons. The molecule has 0 fully saturated rings. The summed E-state index contributed by atoms with van der Waals surface area (Å²) >= 11 is 3.40. The first-order chi connectivity index (χ1) is 17.3. The summed E-state index contributed by atoms with van der Waals surface area (Å²) < 4.78 is 21.8. The summed E-state index contributed by atoms with van der Waals surface area (Å²) in [6.07, 6.45) is 23.2. The minimum Gasteiger partial charge on any atom is -0.466 e. The minimum atomic E-state index is -0.391. The lowest BCUT2D eigenvalue weighted by molar-refractivity contribution is -0.147. The van der Waals surface area contributed by atoms with E-state index < -0.39 is 6.10 Å². The van der Waals surface area contributed by atoms with E-state index in [-0.39, 0.29) is 12.6 Å². The first-order valence-electron chi connectivity index (χ1n) is 14.1. The lowest BCUT2D eigenvalue weighted by Gasteiger charge is -2.17. The van der Waals surface area contributed by atoms with Crippen LogP contribution in [0.3, 0.4) is 0 Å². The fourth-order valence-electron chi connectivity index (χ4n) is 3.96. The zero-order chi connectivity index (χ0) is 25.2. The monoisotopic (exact) mass is 559 g/mol. The van der Waals surface area contributed by atoms with E-state index >= 15 is 0 Å². The van der Waals surface area contributed by atoms with Gasteiger partial charge in [0.25, 0.3) is 5.88 Å². The van der Waals surface area contributed by atoms with E-state index in [1.54, 1.807) is 6.07 Å². The third-order valence-electron chi connectivity index (χ3n) is 6.09. The predicted molar refractivity (Wildman–Crippen MR) is 145 cm³/mol. The average molecular weight is 561 g/mol. The van der Waals surface area contributed by atoms with Crippen LogP contribution >= 0.6 is 15.9 Å². The fraction of sp³-hybridized carbons (Fsp3) is 0.857. The van der Waals surface area contributed by atoms with Crippen molar-refractivity contribution in [3.8, 4) is 5.88 Å². The van der Waals surface area contributed by atoms with Crippen molar-refractivity contribution in [1.29, 1.82) is 0 Å². The van der Waals surface area contributed by atoms with Gasteiger partial charge in [-0.3, -0.25) is 4.79 Å². The van der Waals surface area contributed by atoms with Crippen LogP contribution in [0.15, 0.2) is 16.9 Å². The van der Waals surface area contributed by atoms with Crippen LogP contribution in [0.2, 0.25) is 0 Å². The Morgan fingerprint density at radius 2 is 1.46 bits per heavy atom. The Kier molecular flexibility index (Phi) is 22.5. The highest BCUT2D eigenvalue weighted by Crippen LogP contribution is 2.13. The number of rotatable bonds is 26. The van der Waals surface area contributed by atoms with Crippen LogP contribution in [0.25, 0.3) is 0 Å². The number of carbonyl (C=O) groups excluding carboxylic acids is 1. The maximum absolute atomic E-state index is 12.0. The van der Waals surface area contributed by atoms with Gasteiger partial charge in [0, 0.05) is 24.4 Å². The van der Waals surface area contributed by atoms with Crippen molar-refractivity contribution in [3.63, 3.8) is 0 Å². The van der Waals surface area contributed by atoms with E-state index in [0.29, 0.717) is 25.5 Å². The fourth-order valence-corrected chi connectivity index (χ4v) is 4.36. The number of carbonyl (C=O) groups is 1. The number of halogens is 1. The van der Waals surface area contributed by atoms with Crippen molar-refractivity contribution in [2.24, 2.45) is 0 Å². The summed E-state index contributed by atoms with van der Waals surface area (Å²) in [5, 5.41) is 4.74. The summed E-state index contributed by atoms with van der Waals surface area (Å²) in [6, 6.07) is 1.64. The van der Waals surface area contributed by atoms with Crippen LogP contribution in [-0.2, 0) is 14.3 Å². The summed E-state index contributed by atoms with van der Waals surface area (Å²) in [7, 11) is 0. The van der Waals surface area contributed by atoms with E-state index in [2.05, 4.69) is 28.0 Å². The number of hydrogen-bond donors (Lipinski definition) is 0. The summed E-state index contributed by atoms with van der Waals surface area (Å²) in [6.45, 7) is 3.49. The zero-order valence-corrected chi connectivity index (χ0v) is 23.7. The van der Waals surface area contributed by atoms with Crippen molar-refractivity contribution in [3.05, 3.63) is 12.3 Å². The third kappa shape index (κ3) is 20.8. The molecule has 6 nitrogen and oxygen atoms in total. The Morgan fingerprint density at radius 1 is 0.857 bits per heavy atom. The highest BCUT2D eigenvalue weighted by Gasteiger charge is 2.16. The molecule has 1 heterocycles. The van der Waals surface area contributed by atoms with Gasteiger partial charge < -0.3 is 18.7 Å². The number of hydrogen-bond acceptors (Lipinski definition) is 6. The summed E-state index contributed by atoms with van der Waals surface area (Å²) in [5.41, 5.74) is 0. The Morgan fingerprint density at radius 3 is 2.03 bits per heavy atom. The second kappa shape index (κ2) is 24.6. The molecule has 0 aromatic carbocycles. The van der Waals surface area contributed by atoms with Crippen LogP contribution in [0, 0.1) is 0 Å². The third-order valence-corrected chi connectivity index (χ3v) is 6.65. The molecule has 1 unspecified atom stereocenters. The van der Waals surface area contributed by atoms with Crippen LogP contribution < -0.4 is 4.74 Å². The van der Waals surface area contributed by atoms with Gasteiger partial charge >= 0.3 is 5.97 Å². The van der Waals surface area contributed by atoms with Crippen LogP contribution in [0.1, 0.15) is 122 Å². The van der Waals surface area contributed by atoms with Crippen molar-refractivity contribution in [2.75, 3.05) is 25.2 Å². The topological polar surface area (TPSA) is 70.8 Å².